The van der Waals surface area contributed by atoms with Crippen LogP contribution in [0.15, 0.2) is 55.0 Å². The minimum Gasteiger partial charge on any atom is -0.497 e. The molecule has 3 N–H and O–H groups in total. The van der Waals surface area contributed by atoms with Crippen LogP contribution in [0.1, 0.15) is 13.3 Å². The number of nitrogens with zero attached hydrogens (tertiary/aromatic N) is 5. The van der Waals surface area contributed by atoms with E-state index in [1.807, 2.05) is 6.20 Å². The Morgan fingerprint density at radius 2 is 1.78 bits per heavy atom. The lowest BCUT2D eigenvalue weighted by molar-refractivity contribution is -0.0878. The first-order valence-corrected chi connectivity index (χ1v) is 11.8. The summed E-state index contributed by atoms with van der Waals surface area (Å²) in [5.41, 5.74) is 9.24. The molecule has 4 aromatic rings. The van der Waals surface area contributed by atoms with Crippen molar-refractivity contribution in [1.29, 1.82) is 0 Å². The van der Waals surface area contributed by atoms with Crippen LogP contribution in [0.2, 0.25) is 0 Å². The van der Waals surface area contributed by atoms with Gasteiger partial charge in [0.1, 0.15) is 17.6 Å². The highest BCUT2D eigenvalue weighted by Crippen LogP contribution is 2.35. The number of anilines is 2. The molecule has 0 unspecified atom stereocenters. The lowest BCUT2D eigenvalue weighted by atomic mass is 10.1. The highest BCUT2D eigenvalue weighted by Gasteiger charge is 2.34. The fourth-order valence-electron chi connectivity index (χ4n) is 3.82. The highest BCUT2D eigenvalue weighted by atomic mass is 19.3. The summed E-state index contributed by atoms with van der Waals surface area (Å²) in [6.07, 6.45) is 4.13. The molecule has 0 fully saturated rings. The van der Waals surface area contributed by atoms with E-state index in [4.69, 9.17) is 20.2 Å². The van der Waals surface area contributed by atoms with Gasteiger partial charge < -0.3 is 25.2 Å². The summed E-state index contributed by atoms with van der Waals surface area (Å²) in [5, 5.41) is 14.6. The molecular weight excluding hydrogens is 482 g/mol. The number of hydrogen-bond donors (Lipinski definition) is 2. The third-order valence-electron chi connectivity index (χ3n) is 5.95. The first-order chi connectivity index (χ1) is 17.7. The van der Waals surface area contributed by atoms with Crippen molar-refractivity contribution >= 4 is 22.4 Å². The van der Waals surface area contributed by atoms with Gasteiger partial charge in [0.25, 0.3) is 5.92 Å². The van der Waals surface area contributed by atoms with Crippen LogP contribution in [0.3, 0.4) is 0 Å². The number of nitrogens with two attached hydrogens (primary N) is 1. The summed E-state index contributed by atoms with van der Waals surface area (Å²) in [4.78, 5) is 10.8. The molecule has 0 saturated heterocycles. The zero-order valence-corrected chi connectivity index (χ0v) is 20.9. The number of halogens is 2. The lowest BCUT2D eigenvalue weighted by Crippen LogP contribution is -2.40. The van der Waals surface area contributed by atoms with Gasteiger partial charge in [-0.15, -0.1) is 0 Å². The number of methoxy groups -OCH3 is 2. The Bertz CT molecular complexity index is 1340. The molecule has 37 heavy (non-hydrogen) atoms. The van der Waals surface area contributed by atoms with Gasteiger partial charge >= 0.3 is 0 Å². The Kier molecular flexibility index (Phi) is 7.84. The SMILES string of the molecule is COc1cc(OC)cc(N(C[C@H](O)C(C)(F)F)c2ccc3ncc(-c4cnn(CCCN)c4)nc3c2)c1. The lowest BCUT2D eigenvalue weighted by Gasteiger charge is -2.30. The van der Waals surface area contributed by atoms with E-state index in [2.05, 4.69) is 10.1 Å². The Hall–Kier alpha value is -3.83. The number of rotatable bonds is 11. The van der Waals surface area contributed by atoms with Crippen molar-refractivity contribution in [3.63, 3.8) is 0 Å². The van der Waals surface area contributed by atoms with Gasteiger partial charge in [0.2, 0.25) is 0 Å². The van der Waals surface area contributed by atoms with Crippen molar-refractivity contribution in [2.75, 3.05) is 32.2 Å². The number of fused-ring (bicyclic) bond motifs is 1. The Balaban J connectivity index is 1.76. The van der Waals surface area contributed by atoms with E-state index in [1.165, 1.54) is 14.2 Å². The number of aliphatic hydroxyl groups is 1. The zero-order valence-electron chi connectivity index (χ0n) is 20.9. The smallest absolute Gasteiger partial charge is 0.272 e. The normalized spacial score (nSPS) is 12.5. The molecule has 4 rings (SSSR count). The summed E-state index contributed by atoms with van der Waals surface area (Å²) in [6, 6.07) is 10.3. The molecule has 0 amide bonds. The Labute approximate surface area is 213 Å². The molecule has 0 saturated carbocycles. The fourth-order valence-corrected chi connectivity index (χ4v) is 3.82. The van der Waals surface area contributed by atoms with Gasteiger partial charge in [-0.1, -0.05) is 0 Å². The Morgan fingerprint density at radius 1 is 1.05 bits per heavy atom. The van der Waals surface area contributed by atoms with E-state index in [1.54, 1.807) is 58.4 Å². The van der Waals surface area contributed by atoms with Crippen molar-refractivity contribution in [3.8, 4) is 22.8 Å². The van der Waals surface area contributed by atoms with Gasteiger partial charge in [-0.05, 0) is 31.2 Å². The maximum absolute atomic E-state index is 14.0. The molecule has 0 radical (unpaired) electrons. The maximum Gasteiger partial charge on any atom is 0.272 e. The third-order valence-corrected chi connectivity index (χ3v) is 5.95. The third kappa shape index (κ3) is 6.12. The zero-order chi connectivity index (χ0) is 26.6. The molecule has 9 nitrogen and oxygen atoms in total. The van der Waals surface area contributed by atoms with Crippen LogP contribution in [0.5, 0.6) is 11.5 Å². The van der Waals surface area contributed by atoms with Gasteiger partial charge in [-0.3, -0.25) is 9.67 Å². The molecule has 1 atom stereocenters. The van der Waals surface area contributed by atoms with Gasteiger partial charge in [0.15, 0.2) is 0 Å². The highest BCUT2D eigenvalue weighted by molar-refractivity contribution is 5.82. The largest absolute Gasteiger partial charge is 0.497 e. The average molecular weight is 513 g/mol. The fraction of sp³-hybridized carbons (Fsp3) is 0.346. The van der Waals surface area contributed by atoms with Crippen LogP contribution in [0, 0.1) is 0 Å². The molecule has 0 aliphatic heterocycles. The molecule has 2 aromatic carbocycles. The monoisotopic (exact) mass is 512 g/mol. The van der Waals surface area contributed by atoms with Crippen LogP contribution in [-0.4, -0.2) is 64.2 Å². The van der Waals surface area contributed by atoms with Crippen molar-refractivity contribution in [1.82, 2.24) is 19.7 Å². The number of aryl methyl sites for hydroxylation is 1. The summed E-state index contributed by atoms with van der Waals surface area (Å²) < 4.78 is 40.5. The van der Waals surface area contributed by atoms with Gasteiger partial charge in [-0.25, -0.2) is 13.8 Å². The molecular formula is C26H30F2N6O3. The summed E-state index contributed by atoms with van der Waals surface area (Å²) >= 11 is 0. The number of aliphatic hydroxyl groups excluding tert-OH is 1. The van der Waals surface area contributed by atoms with Crippen LogP contribution >= 0.6 is 0 Å². The number of ether oxygens (including phenoxy) is 2. The predicted octanol–water partition coefficient (Wildman–Crippen LogP) is 4.01. The molecule has 11 heteroatoms. The molecule has 0 aliphatic rings. The molecule has 2 heterocycles. The molecule has 0 bridgehead atoms. The predicted molar refractivity (Wildman–Crippen MR) is 138 cm³/mol. The van der Waals surface area contributed by atoms with Crippen LogP contribution < -0.4 is 20.1 Å². The molecule has 2 aromatic heterocycles. The van der Waals surface area contributed by atoms with E-state index in [9.17, 15) is 13.9 Å². The standard InChI is InChI=1S/C26H30F2N6O3/c1-26(27,28)25(35)16-34(19-9-20(36-2)12-21(10-19)37-3)18-5-6-22-23(11-18)32-24(14-30-22)17-13-31-33(15-17)8-4-7-29/h5-6,9-15,25,35H,4,7-8,16,29H2,1-3H3/t25-/m0/s1. The molecule has 196 valence electrons. The van der Waals surface area contributed by atoms with Crippen molar-refractivity contribution in [2.24, 2.45) is 5.73 Å². The number of aromatic nitrogens is 4. The van der Waals surface area contributed by atoms with E-state index < -0.39 is 12.0 Å². The topological polar surface area (TPSA) is 112 Å². The number of benzene rings is 2. The summed E-state index contributed by atoms with van der Waals surface area (Å²) in [5.74, 6) is -2.35. The van der Waals surface area contributed by atoms with Crippen LogP contribution in [0.25, 0.3) is 22.3 Å². The maximum atomic E-state index is 14.0. The molecule has 0 spiro atoms. The van der Waals surface area contributed by atoms with E-state index in [0.717, 1.165) is 12.0 Å². The summed E-state index contributed by atoms with van der Waals surface area (Å²) in [7, 11) is 3.01. The van der Waals surface area contributed by atoms with Gasteiger partial charge in [0, 0.05) is 54.8 Å². The van der Waals surface area contributed by atoms with Crippen LogP contribution in [-0.2, 0) is 6.54 Å². The van der Waals surface area contributed by atoms with Crippen molar-refractivity contribution in [3.05, 3.63) is 55.0 Å². The summed E-state index contributed by atoms with van der Waals surface area (Å²) in [6.45, 7) is 1.58. The first kappa shape index (κ1) is 26.2. The van der Waals surface area contributed by atoms with E-state index in [0.29, 0.717) is 59.6 Å². The Morgan fingerprint density at radius 3 is 2.43 bits per heavy atom. The quantitative estimate of drug-likeness (QED) is 0.310. The first-order valence-electron chi connectivity index (χ1n) is 11.8. The van der Waals surface area contributed by atoms with E-state index >= 15 is 0 Å². The second kappa shape index (κ2) is 11.1. The van der Waals surface area contributed by atoms with Gasteiger partial charge in [-0.2, -0.15) is 5.10 Å². The minimum absolute atomic E-state index is 0.383. The van der Waals surface area contributed by atoms with Crippen molar-refractivity contribution in [2.45, 2.75) is 31.9 Å². The molecule has 0 aliphatic carbocycles. The van der Waals surface area contributed by atoms with Crippen LogP contribution in [0.4, 0.5) is 20.2 Å². The van der Waals surface area contributed by atoms with E-state index in [-0.39, 0.29) is 6.54 Å². The average Bonchev–Trinajstić information content (AvgIpc) is 3.37. The second-order valence-electron chi connectivity index (χ2n) is 8.72. The minimum atomic E-state index is -3.31. The van der Waals surface area contributed by atoms with Crippen molar-refractivity contribution < 1.29 is 23.4 Å². The number of alkyl halides is 2. The van der Waals surface area contributed by atoms with Gasteiger partial charge in [0.05, 0.1) is 49.9 Å². The number of hydrogen-bond acceptors (Lipinski definition) is 8. The second-order valence-corrected chi connectivity index (χ2v) is 8.72.